The minimum absolute atomic E-state index is 0.00263. The van der Waals surface area contributed by atoms with Gasteiger partial charge in [0.2, 0.25) is 0 Å². The number of anilines is 1. The minimum atomic E-state index is -4.08. The van der Waals surface area contributed by atoms with Crippen LogP contribution < -0.4 is 14.2 Å². The molecule has 0 saturated heterocycles. The van der Waals surface area contributed by atoms with Gasteiger partial charge in [0.05, 0.1) is 19.9 Å². The summed E-state index contributed by atoms with van der Waals surface area (Å²) in [5.74, 6) is -1.02. The van der Waals surface area contributed by atoms with E-state index in [1.54, 1.807) is 25.1 Å². The van der Waals surface area contributed by atoms with Crippen LogP contribution in [0.15, 0.2) is 41.3 Å². The molecule has 2 rings (SSSR count). The summed E-state index contributed by atoms with van der Waals surface area (Å²) in [5, 5.41) is 9.21. The highest BCUT2D eigenvalue weighted by Crippen LogP contribution is 2.37. The average molecular weight is 412 g/mol. The van der Waals surface area contributed by atoms with E-state index < -0.39 is 16.0 Å². The normalized spacial score (nSPS) is 11.4. The van der Waals surface area contributed by atoms with Crippen LogP contribution in [0.5, 0.6) is 11.5 Å². The molecule has 0 aliphatic heterocycles. The number of nitrogens with one attached hydrogen (secondary N) is 1. The Hall–Kier alpha value is -2.71. The van der Waals surface area contributed by atoms with Crippen molar-refractivity contribution in [3.8, 4) is 11.5 Å². The molecular weight excluding hydrogens is 394 g/mol. The maximum atomic E-state index is 13.0. The Morgan fingerprint density at radius 2 is 1.93 bits per heavy atom. The zero-order chi connectivity index (χ0) is 20.2. The van der Waals surface area contributed by atoms with Crippen LogP contribution in [0.25, 0.3) is 6.08 Å². The molecule has 0 heterocycles. The Kier molecular flexibility index (Phi) is 6.35. The van der Waals surface area contributed by atoms with Crippen molar-refractivity contribution in [1.82, 2.24) is 0 Å². The van der Waals surface area contributed by atoms with Crippen LogP contribution in [0, 0.1) is 6.92 Å². The molecule has 0 spiro atoms. The van der Waals surface area contributed by atoms with Crippen molar-refractivity contribution in [2.45, 2.75) is 11.8 Å². The smallest absolute Gasteiger partial charge is 0.328 e. The quantitative estimate of drug-likeness (QED) is 0.675. The first-order valence-corrected chi connectivity index (χ1v) is 9.50. The van der Waals surface area contributed by atoms with Crippen LogP contribution >= 0.6 is 11.6 Å². The van der Waals surface area contributed by atoms with Gasteiger partial charge < -0.3 is 14.6 Å². The van der Waals surface area contributed by atoms with Crippen molar-refractivity contribution in [1.29, 1.82) is 0 Å². The molecule has 0 aliphatic rings. The highest BCUT2D eigenvalue weighted by molar-refractivity contribution is 7.92. The van der Waals surface area contributed by atoms with Crippen LogP contribution in [0.1, 0.15) is 11.1 Å². The maximum absolute atomic E-state index is 13.0. The molecule has 2 aromatic rings. The molecule has 27 heavy (non-hydrogen) atoms. The maximum Gasteiger partial charge on any atom is 0.328 e. The lowest BCUT2D eigenvalue weighted by molar-refractivity contribution is -0.131. The van der Waals surface area contributed by atoms with E-state index in [9.17, 15) is 13.2 Å². The van der Waals surface area contributed by atoms with Crippen LogP contribution in [-0.4, -0.2) is 33.7 Å². The largest absolute Gasteiger partial charge is 0.493 e. The average Bonchev–Trinajstić information content (AvgIpc) is 2.62. The molecule has 0 aliphatic carbocycles. The number of carboxylic acids is 1. The van der Waals surface area contributed by atoms with Gasteiger partial charge in [0.1, 0.15) is 4.90 Å². The van der Waals surface area contributed by atoms with Crippen molar-refractivity contribution in [3.63, 3.8) is 0 Å². The number of aliphatic carboxylic acids is 1. The number of sulfonamides is 1. The molecule has 144 valence electrons. The molecule has 0 saturated carbocycles. The molecule has 9 heteroatoms. The van der Waals surface area contributed by atoms with Gasteiger partial charge in [0.25, 0.3) is 10.0 Å². The third kappa shape index (κ3) is 4.72. The van der Waals surface area contributed by atoms with E-state index >= 15 is 0 Å². The third-order valence-electron chi connectivity index (χ3n) is 3.69. The Bertz CT molecular complexity index is 1000. The number of rotatable bonds is 7. The number of hydrogen-bond acceptors (Lipinski definition) is 5. The zero-order valence-electron chi connectivity index (χ0n) is 14.8. The lowest BCUT2D eigenvalue weighted by Crippen LogP contribution is -2.15. The molecule has 0 fully saturated rings. The van der Waals surface area contributed by atoms with Gasteiger partial charge in [-0.2, -0.15) is 0 Å². The number of carbonyl (C=O) groups is 1. The van der Waals surface area contributed by atoms with Gasteiger partial charge >= 0.3 is 5.97 Å². The second kappa shape index (κ2) is 8.32. The SMILES string of the molecule is COc1cc(/C=C/C(=O)O)cc(S(=O)(=O)Nc2cccc(Cl)c2C)c1OC. The monoisotopic (exact) mass is 411 g/mol. The fourth-order valence-corrected chi connectivity index (χ4v) is 3.85. The predicted octanol–water partition coefficient (Wildman–Crippen LogP) is 3.56. The van der Waals surface area contributed by atoms with Gasteiger partial charge in [-0.3, -0.25) is 4.72 Å². The summed E-state index contributed by atoms with van der Waals surface area (Å²) in [6.07, 6.45) is 2.15. The Morgan fingerprint density at radius 1 is 1.22 bits per heavy atom. The van der Waals surface area contributed by atoms with E-state index in [-0.39, 0.29) is 16.4 Å². The standard InChI is InChI=1S/C18H18ClNO6S/c1-11-13(19)5-4-6-14(11)20-27(23,24)16-10-12(7-8-17(21)22)9-15(25-2)18(16)26-3/h4-10,20H,1-3H3,(H,21,22)/b8-7+. The Morgan fingerprint density at radius 3 is 2.52 bits per heavy atom. The third-order valence-corrected chi connectivity index (χ3v) is 5.47. The zero-order valence-corrected chi connectivity index (χ0v) is 16.4. The molecule has 2 aromatic carbocycles. The summed E-state index contributed by atoms with van der Waals surface area (Å²) in [6.45, 7) is 1.68. The van der Waals surface area contributed by atoms with E-state index in [0.29, 0.717) is 21.8 Å². The lowest BCUT2D eigenvalue weighted by Gasteiger charge is -2.16. The van der Waals surface area contributed by atoms with E-state index in [0.717, 1.165) is 6.08 Å². The fourth-order valence-electron chi connectivity index (χ4n) is 2.33. The Balaban J connectivity index is 2.61. The number of ether oxygens (including phenoxy) is 2. The molecule has 2 N–H and O–H groups in total. The van der Waals surface area contributed by atoms with Crippen molar-refractivity contribution >= 4 is 39.4 Å². The summed E-state index contributed by atoms with van der Waals surface area (Å²) in [5.41, 5.74) is 1.20. The molecular formula is C18H18ClNO6S. The number of methoxy groups -OCH3 is 2. The van der Waals surface area contributed by atoms with Crippen LogP contribution in [0.4, 0.5) is 5.69 Å². The van der Waals surface area contributed by atoms with Gasteiger partial charge in [0.15, 0.2) is 11.5 Å². The topological polar surface area (TPSA) is 102 Å². The van der Waals surface area contributed by atoms with E-state index in [4.69, 9.17) is 26.2 Å². The molecule has 7 nitrogen and oxygen atoms in total. The highest BCUT2D eigenvalue weighted by Gasteiger charge is 2.24. The lowest BCUT2D eigenvalue weighted by atomic mass is 10.2. The number of benzene rings is 2. The van der Waals surface area contributed by atoms with E-state index in [1.165, 1.54) is 32.4 Å². The summed E-state index contributed by atoms with van der Waals surface area (Å²) >= 11 is 6.05. The summed E-state index contributed by atoms with van der Waals surface area (Å²) in [7, 11) is -1.42. The summed E-state index contributed by atoms with van der Waals surface area (Å²) in [4.78, 5) is 10.6. The van der Waals surface area contributed by atoms with Crippen LogP contribution in [-0.2, 0) is 14.8 Å². The van der Waals surface area contributed by atoms with E-state index in [2.05, 4.69) is 4.72 Å². The van der Waals surface area contributed by atoms with Crippen molar-refractivity contribution < 1.29 is 27.8 Å². The van der Waals surface area contributed by atoms with Crippen LogP contribution in [0.3, 0.4) is 0 Å². The number of carboxylic acid groups (broad SMARTS) is 1. The molecule has 0 amide bonds. The molecule has 0 aromatic heterocycles. The van der Waals surface area contributed by atoms with Gasteiger partial charge in [0, 0.05) is 11.1 Å². The van der Waals surface area contributed by atoms with Crippen LogP contribution in [0.2, 0.25) is 5.02 Å². The van der Waals surface area contributed by atoms with Gasteiger partial charge in [-0.25, -0.2) is 13.2 Å². The second-order valence-electron chi connectivity index (χ2n) is 5.44. The molecule has 0 atom stereocenters. The highest BCUT2D eigenvalue weighted by atomic mass is 35.5. The first-order chi connectivity index (χ1) is 12.7. The van der Waals surface area contributed by atoms with Crippen molar-refractivity contribution in [2.24, 2.45) is 0 Å². The second-order valence-corrected chi connectivity index (χ2v) is 7.50. The van der Waals surface area contributed by atoms with Gasteiger partial charge in [-0.05, 0) is 48.4 Å². The Labute approximate surface area is 162 Å². The number of halogens is 1. The minimum Gasteiger partial charge on any atom is -0.493 e. The number of hydrogen-bond donors (Lipinski definition) is 2. The van der Waals surface area contributed by atoms with Crippen molar-refractivity contribution in [3.05, 3.63) is 52.6 Å². The summed E-state index contributed by atoms with van der Waals surface area (Å²) in [6, 6.07) is 7.62. The first kappa shape index (κ1) is 20.6. The van der Waals surface area contributed by atoms with E-state index in [1.807, 2.05) is 0 Å². The molecule has 0 radical (unpaired) electrons. The first-order valence-electron chi connectivity index (χ1n) is 7.64. The van der Waals surface area contributed by atoms with Gasteiger partial charge in [-0.15, -0.1) is 0 Å². The fraction of sp³-hybridized carbons (Fsp3) is 0.167. The molecule has 0 unspecified atom stereocenters. The molecule has 0 bridgehead atoms. The predicted molar refractivity (Wildman–Crippen MR) is 103 cm³/mol. The van der Waals surface area contributed by atoms with Crippen molar-refractivity contribution in [2.75, 3.05) is 18.9 Å². The summed E-state index contributed by atoms with van der Waals surface area (Å²) < 4.78 is 38.8. The van der Waals surface area contributed by atoms with Gasteiger partial charge in [-0.1, -0.05) is 17.7 Å².